The summed E-state index contributed by atoms with van der Waals surface area (Å²) in [6, 6.07) is 4.16. The number of nitrogens with one attached hydrogen (secondary N) is 1. The third-order valence-electron chi connectivity index (χ3n) is 2.96. The molecule has 0 aromatic heterocycles. The minimum atomic E-state index is -0.458. The van der Waals surface area contributed by atoms with Gasteiger partial charge in [-0.1, -0.05) is 0 Å². The van der Waals surface area contributed by atoms with Gasteiger partial charge in [0.1, 0.15) is 0 Å². The predicted molar refractivity (Wildman–Crippen MR) is 69.2 cm³/mol. The van der Waals surface area contributed by atoms with Gasteiger partial charge in [0.15, 0.2) is 0 Å². The van der Waals surface area contributed by atoms with Crippen molar-refractivity contribution in [1.82, 2.24) is 4.90 Å². The molecule has 19 heavy (non-hydrogen) atoms. The van der Waals surface area contributed by atoms with Crippen LogP contribution in [0.2, 0.25) is 0 Å². The summed E-state index contributed by atoms with van der Waals surface area (Å²) >= 11 is 0. The van der Waals surface area contributed by atoms with Crippen molar-refractivity contribution in [3.63, 3.8) is 0 Å². The van der Waals surface area contributed by atoms with Gasteiger partial charge in [-0.05, 0) is 18.6 Å². The van der Waals surface area contributed by atoms with Gasteiger partial charge in [0.25, 0.3) is 5.69 Å². The summed E-state index contributed by atoms with van der Waals surface area (Å²) in [5, 5.41) is 13.4. The molecule has 1 aromatic carbocycles. The van der Waals surface area contributed by atoms with Crippen molar-refractivity contribution in [2.45, 2.75) is 6.92 Å². The van der Waals surface area contributed by atoms with Crippen LogP contribution in [0.4, 0.5) is 16.2 Å². The van der Waals surface area contributed by atoms with E-state index in [0.29, 0.717) is 37.6 Å². The standard InChI is InChI=1S/C12H15N3O4/c1-9-8-10(15(17)18)2-3-11(9)13-12(16)14-4-6-19-7-5-14/h2-3,8H,4-7H2,1H3,(H,13,16). The van der Waals surface area contributed by atoms with Crippen molar-refractivity contribution in [1.29, 1.82) is 0 Å². The third-order valence-corrected chi connectivity index (χ3v) is 2.96. The fourth-order valence-electron chi connectivity index (χ4n) is 1.86. The summed E-state index contributed by atoms with van der Waals surface area (Å²) in [5.41, 5.74) is 1.26. The van der Waals surface area contributed by atoms with Crippen LogP contribution in [0.3, 0.4) is 0 Å². The lowest BCUT2D eigenvalue weighted by Crippen LogP contribution is -2.43. The minimum absolute atomic E-state index is 0.0156. The lowest BCUT2D eigenvalue weighted by Gasteiger charge is -2.27. The van der Waals surface area contributed by atoms with E-state index in [1.165, 1.54) is 12.1 Å². The number of morpholine rings is 1. The number of carbonyl (C=O) groups is 1. The molecule has 0 saturated carbocycles. The molecule has 1 aliphatic rings. The maximum absolute atomic E-state index is 12.0. The number of amides is 2. The number of ether oxygens (including phenoxy) is 1. The van der Waals surface area contributed by atoms with Crippen LogP contribution in [-0.4, -0.2) is 42.2 Å². The number of non-ortho nitro benzene ring substituents is 1. The van der Waals surface area contributed by atoms with Crippen molar-refractivity contribution in [3.8, 4) is 0 Å². The molecular weight excluding hydrogens is 250 g/mol. The fraction of sp³-hybridized carbons (Fsp3) is 0.417. The minimum Gasteiger partial charge on any atom is -0.378 e. The molecule has 0 atom stereocenters. The Hall–Kier alpha value is -2.15. The van der Waals surface area contributed by atoms with Crippen molar-refractivity contribution in [2.75, 3.05) is 31.6 Å². The molecule has 1 fully saturated rings. The van der Waals surface area contributed by atoms with E-state index in [4.69, 9.17) is 4.74 Å². The molecule has 1 saturated heterocycles. The van der Waals surface area contributed by atoms with Crippen molar-refractivity contribution >= 4 is 17.4 Å². The highest BCUT2D eigenvalue weighted by Crippen LogP contribution is 2.21. The van der Waals surface area contributed by atoms with E-state index in [9.17, 15) is 14.9 Å². The van der Waals surface area contributed by atoms with E-state index in [2.05, 4.69) is 5.32 Å². The molecule has 0 bridgehead atoms. The van der Waals surface area contributed by atoms with Crippen molar-refractivity contribution in [3.05, 3.63) is 33.9 Å². The molecule has 2 rings (SSSR count). The molecule has 1 aliphatic heterocycles. The molecule has 0 radical (unpaired) electrons. The van der Waals surface area contributed by atoms with Crippen LogP contribution in [0, 0.1) is 17.0 Å². The highest BCUT2D eigenvalue weighted by Gasteiger charge is 2.18. The quantitative estimate of drug-likeness (QED) is 0.652. The second kappa shape index (κ2) is 5.66. The van der Waals surface area contributed by atoms with Crippen molar-refractivity contribution in [2.24, 2.45) is 0 Å². The first kappa shape index (κ1) is 13.3. The number of hydrogen-bond donors (Lipinski definition) is 1. The van der Waals surface area contributed by atoms with E-state index >= 15 is 0 Å². The van der Waals surface area contributed by atoms with Crippen LogP contribution in [0.25, 0.3) is 0 Å². The van der Waals surface area contributed by atoms with Gasteiger partial charge in [-0.25, -0.2) is 4.79 Å². The lowest BCUT2D eigenvalue weighted by molar-refractivity contribution is -0.384. The average Bonchev–Trinajstić information content (AvgIpc) is 2.41. The van der Waals surface area contributed by atoms with Gasteiger partial charge in [-0.2, -0.15) is 0 Å². The molecule has 0 unspecified atom stereocenters. The first-order valence-corrected chi connectivity index (χ1v) is 5.96. The Morgan fingerprint density at radius 2 is 2.11 bits per heavy atom. The summed E-state index contributed by atoms with van der Waals surface area (Å²) in [7, 11) is 0. The first-order chi connectivity index (χ1) is 9.08. The Labute approximate surface area is 110 Å². The number of nitro groups is 1. The number of benzene rings is 1. The van der Waals surface area contributed by atoms with Crippen LogP contribution in [0.5, 0.6) is 0 Å². The van der Waals surface area contributed by atoms with Gasteiger partial charge in [-0.3, -0.25) is 10.1 Å². The van der Waals surface area contributed by atoms with E-state index in [0.717, 1.165) is 0 Å². The van der Waals surface area contributed by atoms with E-state index in [1.54, 1.807) is 17.9 Å². The molecule has 102 valence electrons. The van der Waals surface area contributed by atoms with Gasteiger partial charge in [0, 0.05) is 30.9 Å². The molecule has 7 nitrogen and oxygen atoms in total. The van der Waals surface area contributed by atoms with Gasteiger partial charge in [0.2, 0.25) is 0 Å². The number of hydrogen-bond acceptors (Lipinski definition) is 4. The monoisotopic (exact) mass is 265 g/mol. The zero-order valence-electron chi connectivity index (χ0n) is 10.6. The summed E-state index contributed by atoms with van der Waals surface area (Å²) in [6.45, 7) is 3.90. The molecule has 0 aliphatic carbocycles. The van der Waals surface area contributed by atoms with E-state index in [1.807, 2.05) is 0 Å². The molecule has 1 heterocycles. The molecular formula is C12H15N3O4. The zero-order chi connectivity index (χ0) is 13.8. The number of anilines is 1. The highest BCUT2D eigenvalue weighted by atomic mass is 16.6. The SMILES string of the molecule is Cc1cc([N+](=O)[O-])ccc1NC(=O)N1CCOCC1. The zero-order valence-corrected chi connectivity index (χ0v) is 10.6. The van der Waals surface area contributed by atoms with E-state index < -0.39 is 4.92 Å². The normalized spacial score (nSPS) is 15.1. The van der Waals surface area contributed by atoms with Crippen LogP contribution >= 0.6 is 0 Å². The summed E-state index contributed by atoms with van der Waals surface area (Å²) in [6.07, 6.45) is 0. The van der Waals surface area contributed by atoms with E-state index in [-0.39, 0.29) is 11.7 Å². The number of nitro benzene ring substituents is 1. The van der Waals surface area contributed by atoms with Crippen LogP contribution in [0.1, 0.15) is 5.56 Å². The molecule has 2 amide bonds. The Kier molecular flexibility index (Phi) is 3.96. The maximum atomic E-state index is 12.0. The topological polar surface area (TPSA) is 84.7 Å². The predicted octanol–water partition coefficient (Wildman–Crippen LogP) is 1.77. The number of nitrogens with zero attached hydrogens (tertiary/aromatic N) is 2. The number of rotatable bonds is 2. The van der Waals surface area contributed by atoms with Gasteiger partial charge in [0.05, 0.1) is 18.1 Å². The summed E-state index contributed by atoms with van der Waals surface area (Å²) in [5.74, 6) is 0. The Balaban J connectivity index is 2.06. The van der Waals surface area contributed by atoms with Crippen LogP contribution < -0.4 is 5.32 Å². The van der Waals surface area contributed by atoms with Gasteiger partial charge < -0.3 is 15.0 Å². The number of aryl methyl sites for hydroxylation is 1. The summed E-state index contributed by atoms with van der Waals surface area (Å²) in [4.78, 5) is 23.8. The fourth-order valence-corrected chi connectivity index (χ4v) is 1.86. The number of carbonyl (C=O) groups excluding carboxylic acids is 1. The third kappa shape index (κ3) is 3.19. The molecule has 1 aromatic rings. The Morgan fingerprint density at radius 1 is 1.42 bits per heavy atom. The second-order valence-electron chi connectivity index (χ2n) is 4.29. The Bertz CT molecular complexity index is 498. The summed E-state index contributed by atoms with van der Waals surface area (Å²) < 4.78 is 5.17. The second-order valence-corrected chi connectivity index (χ2v) is 4.29. The Morgan fingerprint density at radius 3 is 2.68 bits per heavy atom. The molecule has 7 heteroatoms. The van der Waals surface area contributed by atoms with Crippen LogP contribution in [-0.2, 0) is 4.74 Å². The van der Waals surface area contributed by atoms with Gasteiger partial charge in [-0.15, -0.1) is 0 Å². The average molecular weight is 265 g/mol. The smallest absolute Gasteiger partial charge is 0.322 e. The van der Waals surface area contributed by atoms with Crippen molar-refractivity contribution < 1.29 is 14.5 Å². The largest absolute Gasteiger partial charge is 0.378 e. The molecule has 1 N–H and O–H groups in total. The van der Waals surface area contributed by atoms with Crippen LogP contribution in [0.15, 0.2) is 18.2 Å². The first-order valence-electron chi connectivity index (χ1n) is 5.96. The number of urea groups is 1. The molecule has 0 spiro atoms. The lowest BCUT2D eigenvalue weighted by atomic mass is 10.2. The highest BCUT2D eigenvalue weighted by molar-refractivity contribution is 5.90. The maximum Gasteiger partial charge on any atom is 0.322 e. The van der Waals surface area contributed by atoms with Gasteiger partial charge >= 0.3 is 6.03 Å².